The maximum absolute atomic E-state index is 11.6. The van der Waals surface area contributed by atoms with Gasteiger partial charge in [-0.05, 0) is 49.3 Å². The normalized spacial score (nSPS) is 19.6. The molecule has 0 aromatic heterocycles. The van der Waals surface area contributed by atoms with E-state index in [1.165, 1.54) is 0 Å². The summed E-state index contributed by atoms with van der Waals surface area (Å²) in [7, 11) is 1.60. The quantitative estimate of drug-likeness (QED) is 0.523. The van der Waals surface area contributed by atoms with Crippen LogP contribution in [0.25, 0.3) is 0 Å². The van der Waals surface area contributed by atoms with E-state index in [9.17, 15) is 4.79 Å². The molecule has 5 heteroatoms. The van der Waals surface area contributed by atoms with Crippen molar-refractivity contribution in [1.82, 2.24) is 5.32 Å². The highest BCUT2D eigenvalue weighted by atomic mass is 32.1. The number of nitrogens with one attached hydrogen (secondary N) is 1. The predicted molar refractivity (Wildman–Crippen MR) is 79.9 cm³/mol. The summed E-state index contributed by atoms with van der Waals surface area (Å²) in [5.74, 6) is 5.89. The number of benzene rings is 1. The third kappa shape index (κ3) is 3.92. The molecule has 1 amide bonds. The fourth-order valence-electron chi connectivity index (χ4n) is 1.91. The minimum Gasteiger partial charge on any atom is -0.497 e. The van der Waals surface area contributed by atoms with Crippen LogP contribution in [0.5, 0.6) is 5.75 Å². The van der Waals surface area contributed by atoms with Crippen LogP contribution in [-0.2, 0) is 4.79 Å². The first kappa shape index (κ1) is 14.3. The van der Waals surface area contributed by atoms with Gasteiger partial charge in [0, 0.05) is 17.5 Å². The van der Waals surface area contributed by atoms with Crippen molar-refractivity contribution in [2.45, 2.75) is 24.9 Å². The van der Waals surface area contributed by atoms with Crippen molar-refractivity contribution in [3.63, 3.8) is 0 Å². The number of methoxy groups -OCH3 is 1. The highest BCUT2D eigenvalue weighted by Gasteiger charge is 2.29. The molecular formula is C15H14N2O2S. The summed E-state index contributed by atoms with van der Waals surface area (Å²) in [4.78, 5) is 15.6. The Kier molecular flexibility index (Phi) is 4.89. The molecule has 1 aliphatic rings. The van der Waals surface area contributed by atoms with Crippen LogP contribution >= 0.6 is 12.2 Å². The van der Waals surface area contributed by atoms with Crippen LogP contribution in [-0.4, -0.2) is 30.3 Å². The largest absolute Gasteiger partial charge is 0.497 e. The molecule has 0 unspecified atom stereocenters. The van der Waals surface area contributed by atoms with Crippen LogP contribution in [0.3, 0.4) is 0 Å². The van der Waals surface area contributed by atoms with Gasteiger partial charge in [-0.2, -0.15) is 0 Å². The summed E-state index contributed by atoms with van der Waals surface area (Å²) in [5, 5.41) is 5.20. The van der Waals surface area contributed by atoms with Gasteiger partial charge in [0.15, 0.2) is 0 Å². The fraction of sp³-hybridized carbons (Fsp3) is 0.333. The smallest absolute Gasteiger partial charge is 0.296 e. The minimum atomic E-state index is -0.268. The van der Waals surface area contributed by atoms with Gasteiger partial charge in [-0.3, -0.25) is 4.79 Å². The number of carbonyl (C=O) groups is 1. The van der Waals surface area contributed by atoms with Crippen LogP contribution in [0.2, 0.25) is 0 Å². The first-order chi connectivity index (χ1) is 9.71. The number of ether oxygens (including phenoxy) is 1. The second-order valence-corrected chi connectivity index (χ2v) is 4.68. The maximum atomic E-state index is 11.6. The number of amides is 1. The van der Waals surface area contributed by atoms with Gasteiger partial charge in [0.2, 0.25) is 0 Å². The molecular weight excluding hydrogens is 272 g/mol. The van der Waals surface area contributed by atoms with Crippen molar-refractivity contribution in [3.8, 4) is 17.6 Å². The Morgan fingerprint density at radius 3 is 2.70 bits per heavy atom. The second-order valence-electron chi connectivity index (χ2n) is 4.49. The molecule has 2 rings (SSSR count). The Balaban J connectivity index is 1.83. The Morgan fingerprint density at radius 2 is 2.10 bits per heavy atom. The number of carbonyl (C=O) groups excluding carboxylic acids is 1. The summed E-state index contributed by atoms with van der Waals surface area (Å²) in [6.07, 6.45) is 1.61. The molecule has 0 saturated heterocycles. The van der Waals surface area contributed by atoms with Gasteiger partial charge in [-0.15, -0.1) is 0 Å². The molecule has 1 aromatic rings. The van der Waals surface area contributed by atoms with Gasteiger partial charge < -0.3 is 10.1 Å². The van der Waals surface area contributed by atoms with Crippen molar-refractivity contribution in [1.29, 1.82) is 0 Å². The monoisotopic (exact) mass is 286 g/mol. The average molecular weight is 286 g/mol. The minimum absolute atomic E-state index is 0.143. The third-order valence-corrected chi connectivity index (χ3v) is 3.20. The van der Waals surface area contributed by atoms with Crippen molar-refractivity contribution in [2.75, 3.05) is 7.11 Å². The van der Waals surface area contributed by atoms with Crippen molar-refractivity contribution < 1.29 is 9.53 Å². The molecule has 1 aromatic carbocycles. The van der Waals surface area contributed by atoms with E-state index in [1.807, 2.05) is 24.3 Å². The lowest BCUT2D eigenvalue weighted by Crippen LogP contribution is -2.45. The lowest BCUT2D eigenvalue weighted by molar-refractivity contribution is -0.116. The van der Waals surface area contributed by atoms with Gasteiger partial charge >= 0.3 is 0 Å². The van der Waals surface area contributed by atoms with Gasteiger partial charge in [0.05, 0.1) is 18.3 Å². The summed E-state index contributed by atoms with van der Waals surface area (Å²) in [6.45, 7) is 0. The van der Waals surface area contributed by atoms with E-state index < -0.39 is 0 Å². The molecule has 0 atom stereocenters. The van der Waals surface area contributed by atoms with Crippen molar-refractivity contribution in [2.24, 2.45) is 4.99 Å². The van der Waals surface area contributed by atoms with Gasteiger partial charge in [0.25, 0.3) is 5.91 Å². The molecule has 4 nitrogen and oxygen atoms in total. The summed E-state index contributed by atoms with van der Waals surface area (Å²) < 4.78 is 5.05. The Morgan fingerprint density at radius 1 is 1.40 bits per heavy atom. The zero-order valence-electron chi connectivity index (χ0n) is 11.1. The molecule has 0 heterocycles. The van der Waals surface area contributed by atoms with E-state index in [4.69, 9.17) is 4.74 Å². The van der Waals surface area contributed by atoms with Crippen LogP contribution in [0.4, 0.5) is 0 Å². The summed E-state index contributed by atoms with van der Waals surface area (Å²) in [6, 6.07) is 7.58. The first-order valence-electron chi connectivity index (χ1n) is 6.25. The third-order valence-electron chi connectivity index (χ3n) is 3.09. The predicted octanol–water partition coefficient (Wildman–Crippen LogP) is 1.80. The van der Waals surface area contributed by atoms with E-state index in [-0.39, 0.29) is 18.0 Å². The van der Waals surface area contributed by atoms with Crippen LogP contribution in [0, 0.1) is 11.8 Å². The molecule has 1 aliphatic carbocycles. The first-order valence-corrected chi connectivity index (χ1v) is 6.65. The van der Waals surface area contributed by atoms with Gasteiger partial charge in [-0.25, -0.2) is 4.99 Å². The average Bonchev–Trinajstić information content (AvgIpc) is 2.43. The fourth-order valence-corrected chi connectivity index (χ4v) is 2.06. The van der Waals surface area contributed by atoms with Crippen molar-refractivity contribution in [3.05, 3.63) is 29.8 Å². The van der Waals surface area contributed by atoms with E-state index >= 15 is 0 Å². The Hall–Kier alpha value is -2.15. The second kappa shape index (κ2) is 6.85. The maximum Gasteiger partial charge on any atom is 0.296 e. The SMILES string of the molecule is COc1ccc(C#CC(=O)NC2CC(N=C=S)C2)cc1. The number of rotatable bonds is 3. The van der Waals surface area contributed by atoms with Crippen LogP contribution < -0.4 is 10.1 Å². The van der Waals surface area contributed by atoms with Gasteiger partial charge in [-0.1, -0.05) is 5.92 Å². The molecule has 1 N–H and O–H groups in total. The lowest BCUT2D eigenvalue weighted by atomic mass is 9.87. The van der Waals surface area contributed by atoms with E-state index in [2.05, 4.69) is 39.5 Å². The zero-order valence-corrected chi connectivity index (χ0v) is 11.9. The molecule has 0 spiro atoms. The highest BCUT2D eigenvalue weighted by Crippen LogP contribution is 2.22. The lowest BCUT2D eigenvalue weighted by Gasteiger charge is -2.31. The number of aliphatic imine (C=N–C) groups is 1. The van der Waals surface area contributed by atoms with E-state index in [1.54, 1.807) is 7.11 Å². The van der Waals surface area contributed by atoms with Crippen LogP contribution in [0.1, 0.15) is 18.4 Å². The molecule has 0 aliphatic heterocycles. The number of hydrogen-bond donors (Lipinski definition) is 1. The number of isothiocyanates is 1. The zero-order chi connectivity index (χ0) is 14.4. The standard InChI is InChI=1S/C15H14N2O2S/c1-19-14-5-2-11(3-6-14)4-7-15(18)17-13-8-12(9-13)16-10-20/h2-3,5-6,12-13H,8-9H2,1H3,(H,17,18). The summed E-state index contributed by atoms with van der Waals surface area (Å²) >= 11 is 4.53. The Labute approximate surface area is 123 Å². The van der Waals surface area contributed by atoms with Crippen LogP contribution in [0.15, 0.2) is 29.3 Å². The molecule has 102 valence electrons. The molecule has 1 saturated carbocycles. The van der Waals surface area contributed by atoms with E-state index in [0.717, 1.165) is 24.2 Å². The van der Waals surface area contributed by atoms with Crippen molar-refractivity contribution >= 4 is 23.3 Å². The number of nitrogens with zero attached hydrogens (tertiary/aromatic N) is 1. The molecule has 1 fully saturated rings. The number of thiocarbonyl (C=S) groups is 1. The summed E-state index contributed by atoms with van der Waals surface area (Å²) in [5.41, 5.74) is 0.776. The highest BCUT2D eigenvalue weighted by molar-refractivity contribution is 7.78. The van der Waals surface area contributed by atoms with Gasteiger partial charge in [0.1, 0.15) is 5.75 Å². The topological polar surface area (TPSA) is 50.7 Å². The molecule has 0 radical (unpaired) electrons. The van der Waals surface area contributed by atoms with E-state index in [0.29, 0.717) is 0 Å². The Bertz CT molecular complexity index is 589. The number of hydrogen-bond acceptors (Lipinski definition) is 4. The molecule has 0 bridgehead atoms. The molecule has 20 heavy (non-hydrogen) atoms.